The van der Waals surface area contributed by atoms with Gasteiger partial charge in [-0.3, -0.25) is 0 Å². The number of nitrogens with zero attached hydrogens (tertiary/aromatic N) is 1. The van der Waals surface area contributed by atoms with E-state index in [2.05, 4.69) is 23.4 Å². The van der Waals surface area contributed by atoms with Crippen LogP contribution in [0.3, 0.4) is 0 Å². The Morgan fingerprint density at radius 1 is 1.10 bits per heavy atom. The summed E-state index contributed by atoms with van der Waals surface area (Å²) in [4.78, 5) is 0. The summed E-state index contributed by atoms with van der Waals surface area (Å²) < 4.78 is 5.25. The Morgan fingerprint density at radius 3 is 2.67 bits per heavy atom. The summed E-state index contributed by atoms with van der Waals surface area (Å²) >= 11 is 6.30. The van der Waals surface area contributed by atoms with E-state index in [1.165, 1.54) is 11.1 Å². The number of hydrogen-bond donors (Lipinski definition) is 1. The molecule has 3 aromatic rings. The number of nitrogen functional groups attached to an aromatic ring is 1. The zero-order valence-corrected chi connectivity index (χ0v) is 12.0. The van der Waals surface area contributed by atoms with E-state index in [0.29, 0.717) is 10.9 Å². The number of halogens is 1. The molecular weight excluding hydrogens is 284 g/mol. The molecule has 2 aromatic carbocycles. The number of hydrogen-bond acceptors (Lipinski definition) is 3. The van der Waals surface area contributed by atoms with E-state index in [1.54, 1.807) is 0 Å². The Bertz CT molecular complexity index is 825. The lowest BCUT2D eigenvalue weighted by molar-refractivity contribution is 0.420. The maximum Gasteiger partial charge on any atom is 0.230 e. The van der Waals surface area contributed by atoms with Crippen molar-refractivity contribution >= 4 is 17.5 Å². The van der Waals surface area contributed by atoms with Crippen LogP contribution in [0.4, 0.5) is 5.88 Å². The van der Waals surface area contributed by atoms with Gasteiger partial charge in [-0.1, -0.05) is 59.2 Å². The second-order valence-corrected chi connectivity index (χ2v) is 5.65. The Hall–Kier alpha value is -2.26. The van der Waals surface area contributed by atoms with Gasteiger partial charge in [0.2, 0.25) is 5.88 Å². The fourth-order valence-corrected chi connectivity index (χ4v) is 3.22. The molecule has 0 saturated carbocycles. The third-order valence-corrected chi connectivity index (χ3v) is 4.40. The van der Waals surface area contributed by atoms with Crippen LogP contribution < -0.4 is 5.73 Å². The van der Waals surface area contributed by atoms with Crippen LogP contribution in [0.25, 0.3) is 11.1 Å². The molecule has 1 aromatic heterocycles. The molecule has 0 spiro atoms. The number of benzene rings is 2. The molecule has 2 N–H and O–H groups in total. The molecule has 0 fully saturated rings. The first kappa shape index (κ1) is 12.5. The maximum atomic E-state index is 6.30. The highest BCUT2D eigenvalue weighted by Crippen LogP contribution is 2.45. The lowest BCUT2D eigenvalue weighted by Gasteiger charge is -2.29. The third-order valence-electron chi connectivity index (χ3n) is 4.07. The van der Waals surface area contributed by atoms with Gasteiger partial charge in [0.1, 0.15) is 5.69 Å². The van der Waals surface area contributed by atoms with E-state index in [9.17, 15) is 0 Å². The molecule has 3 nitrogen and oxygen atoms in total. The van der Waals surface area contributed by atoms with Crippen molar-refractivity contribution < 1.29 is 4.52 Å². The standard InChI is InChI=1S/C17H13ClN2O/c18-14-8-4-3-7-12(14)15-16(20-21-17(15)19)13-9-10-5-1-2-6-11(10)13/h1-8,13H,9,19H2. The first-order valence-corrected chi connectivity index (χ1v) is 7.21. The first-order chi connectivity index (χ1) is 10.3. The normalized spacial score (nSPS) is 16.3. The van der Waals surface area contributed by atoms with E-state index in [1.807, 2.05) is 30.3 Å². The van der Waals surface area contributed by atoms with Crippen molar-refractivity contribution in [2.45, 2.75) is 12.3 Å². The highest BCUT2D eigenvalue weighted by Gasteiger charge is 2.33. The largest absolute Gasteiger partial charge is 0.367 e. The summed E-state index contributed by atoms with van der Waals surface area (Å²) in [6.07, 6.45) is 0.958. The molecule has 1 atom stereocenters. The van der Waals surface area contributed by atoms with Crippen molar-refractivity contribution in [3.8, 4) is 11.1 Å². The number of fused-ring (bicyclic) bond motifs is 1. The van der Waals surface area contributed by atoms with Crippen LogP contribution in [0, 0.1) is 0 Å². The van der Waals surface area contributed by atoms with Gasteiger partial charge in [0.05, 0.1) is 5.56 Å². The minimum atomic E-state index is 0.230. The van der Waals surface area contributed by atoms with Crippen LogP contribution in [0.2, 0.25) is 5.02 Å². The fourth-order valence-electron chi connectivity index (χ4n) is 2.99. The molecule has 1 heterocycles. The van der Waals surface area contributed by atoms with Gasteiger partial charge in [-0.15, -0.1) is 0 Å². The molecule has 1 unspecified atom stereocenters. The quantitative estimate of drug-likeness (QED) is 0.768. The van der Waals surface area contributed by atoms with Gasteiger partial charge in [-0.2, -0.15) is 0 Å². The maximum absolute atomic E-state index is 6.30. The topological polar surface area (TPSA) is 52.0 Å². The van der Waals surface area contributed by atoms with Gasteiger partial charge in [0, 0.05) is 16.5 Å². The molecule has 104 valence electrons. The van der Waals surface area contributed by atoms with Gasteiger partial charge >= 0.3 is 0 Å². The summed E-state index contributed by atoms with van der Waals surface area (Å²) in [5, 5.41) is 4.85. The van der Waals surface area contributed by atoms with Crippen molar-refractivity contribution in [3.63, 3.8) is 0 Å². The Labute approximate surface area is 127 Å². The van der Waals surface area contributed by atoms with Crippen LogP contribution >= 0.6 is 11.6 Å². The molecule has 0 amide bonds. The Morgan fingerprint density at radius 2 is 1.86 bits per heavy atom. The molecule has 0 radical (unpaired) electrons. The zero-order valence-electron chi connectivity index (χ0n) is 11.2. The van der Waals surface area contributed by atoms with E-state index in [0.717, 1.165) is 23.2 Å². The third kappa shape index (κ3) is 1.85. The number of anilines is 1. The van der Waals surface area contributed by atoms with E-state index >= 15 is 0 Å². The predicted octanol–water partition coefficient (Wildman–Crippen LogP) is 4.27. The number of aromatic nitrogens is 1. The van der Waals surface area contributed by atoms with E-state index in [4.69, 9.17) is 21.9 Å². The molecule has 1 aliphatic rings. The summed E-state index contributed by atoms with van der Waals surface area (Å²) in [5.74, 6) is 0.552. The molecular formula is C17H13ClN2O. The van der Waals surface area contributed by atoms with Gasteiger partial charge < -0.3 is 10.3 Å². The van der Waals surface area contributed by atoms with Crippen molar-refractivity contribution in [2.24, 2.45) is 0 Å². The summed E-state index contributed by atoms with van der Waals surface area (Å²) in [6.45, 7) is 0. The van der Waals surface area contributed by atoms with Gasteiger partial charge in [0.15, 0.2) is 0 Å². The summed E-state index contributed by atoms with van der Waals surface area (Å²) in [7, 11) is 0. The van der Waals surface area contributed by atoms with Crippen molar-refractivity contribution in [1.82, 2.24) is 5.16 Å². The first-order valence-electron chi connectivity index (χ1n) is 6.83. The van der Waals surface area contributed by atoms with Crippen molar-refractivity contribution in [3.05, 3.63) is 70.4 Å². The minimum absolute atomic E-state index is 0.230. The summed E-state index contributed by atoms with van der Waals surface area (Å²) in [5.41, 5.74) is 11.2. The van der Waals surface area contributed by atoms with Crippen LogP contribution in [0.1, 0.15) is 22.7 Å². The van der Waals surface area contributed by atoms with Crippen LogP contribution in [0.15, 0.2) is 53.1 Å². The van der Waals surface area contributed by atoms with Crippen LogP contribution in [-0.4, -0.2) is 5.16 Å². The van der Waals surface area contributed by atoms with Gasteiger partial charge in [-0.25, -0.2) is 0 Å². The average molecular weight is 297 g/mol. The highest BCUT2D eigenvalue weighted by molar-refractivity contribution is 6.33. The molecule has 21 heavy (non-hydrogen) atoms. The Kier molecular flexibility index (Phi) is 2.76. The number of nitrogens with two attached hydrogens (primary N) is 1. The highest BCUT2D eigenvalue weighted by atomic mass is 35.5. The monoisotopic (exact) mass is 296 g/mol. The van der Waals surface area contributed by atoms with E-state index < -0.39 is 0 Å². The van der Waals surface area contributed by atoms with Gasteiger partial charge in [-0.05, 0) is 23.6 Å². The molecule has 4 heteroatoms. The van der Waals surface area contributed by atoms with Crippen molar-refractivity contribution in [2.75, 3.05) is 5.73 Å². The minimum Gasteiger partial charge on any atom is -0.367 e. The smallest absolute Gasteiger partial charge is 0.230 e. The lowest BCUT2D eigenvalue weighted by Crippen LogP contribution is -2.19. The fraction of sp³-hybridized carbons (Fsp3) is 0.118. The Balaban J connectivity index is 1.85. The van der Waals surface area contributed by atoms with Crippen molar-refractivity contribution in [1.29, 1.82) is 0 Å². The number of rotatable bonds is 2. The van der Waals surface area contributed by atoms with Gasteiger partial charge in [0.25, 0.3) is 0 Å². The summed E-state index contributed by atoms with van der Waals surface area (Å²) in [6, 6.07) is 16.0. The molecule has 1 aliphatic carbocycles. The molecule has 0 saturated heterocycles. The second-order valence-electron chi connectivity index (χ2n) is 5.24. The van der Waals surface area contributed by atoms with E-state index in [-0.39, 0.29) is 5.92 Å². The van der Waals surface area contributed by atoms with Crippen LogP contribution in [-0.2, 0) is 6.42 Å². The molecule has 0 bridgehead atoms. The SMILES string of the molecule is Nc1onc(C2Cc3ccccc32)c1-c1ccccc1Cl. The lowest BCUT2D eigenvalue weighted by atomic mass is 9.74. The average Bonchev–Trinajstić information content (AvgIpc) is 2.83. The predicted molar refractivity (Wildman–Crippen MR) is 83.4 cm³/mol. The zero-order chi connectivity index (χ0) is 14.4. The molecule has 4 rings (SSSR count). The molecule has 0 aliphatic heterocycles. The second kappa shape index (κ2) is 4.64. The van der Waals surface area contributed by atoms with Crippen LogP contribution in [0.5, 0.6) is 0 Å².